The molecule has 0 saturated carbocycles. The summed E-state index contributed by atoms with van der Waals surface area (Å²) in [5.41, 5.74) is 2.51. The standard InChI is InChI=1S/C16H17FN2O2/c1-11-5-3-4-6-12(11)10-18-16(20)19-13-7-8-15(21-2)14(17)9-13/h3-9H,10H2,1-2H3,(H2,18,19,20). The monoisotopic (exact) mass is 288 g/mol. The second-order valence-electron chi connectivity index (χ2n) is 4.58. The molecule has 0 unspecified atom stereocenters. The zero-order chi connectivity index (χ0) is 15.2. The van der Waals surface area contributed by atoms with Gasteiger partial charge < -0.3 is 15.4 Å². The lowest BCUT2D eigenvalue weighted by Crippen LogP contribution is -2.28. The zero-order valence-electron chi connectivity index (χ0n) is 11.9. The molecular weight excluding hydrogens is 271 g/mol. The van der Waals surface area contributed by atoms with Crippen LogP contribution in [-0.4, -0.2) is 13.1 Å². The summed E-state index contributed by atoms with van der Waals surface area (Å²) in [6.45, 7) is 2.39. The molecular formula is C16H17FN2O2. The number of anilines is 1. The van der Waals surface area contributed by atoms with Crippen molar-refractivity contribution in [2.24, 2.45) is 0 Å². The van der Waals surface area contributed by atoms with Gasteiger partial charge in [0.2, 0.25) is 0 Å². The van der Waals surface area contributed by atoms with E-state index in [9.17, 15) is 9.18 Å². The Labute approximate surface area is 122 Å². The van der Waals surface area contributed by atoms with Crippen LogP contribution in [0.3, 0.4) is 0 Å². The number of aryl methyl sites for hydroxylation is 1. The normalized spacial score (nSPS) is 10.0. The molecule has 5 heteroatoms. The number of hydrogen-bond acceptors (Lipinski definition) is 2. The first-order valence-corrected chi connectivity index (χ1v) is 6.53. The number of amides is 2. The Morgan fingerprint density at radius 1 is 1.24 bits per heavy atom. The van der Waals surface area contributed by atoms with Crippen molar-refractivity contribution in [3.8, 4) is 5.75 Å². The van der Waals surface area contributed by atoms with Crippen molar-refractivity contribution >= 4 is 11.7 Å². The fourth-order valence-corrected chi connectivity index (χ4v) is 1.90. The largest absolute Gasteiger partial charge is 0.494 e. The van der Waals surface area contributed by atoms with Gasteiger partial charge in [-0.05, 0) is 30.2 Å². The van der Waals surface area contributed by atoms with Gasteiger partial charge >= 0.3 is 6.03 Å². The maximum Gasteiger partial charge on any atom is 0.319 e. The Balaban J connectivity index is 1.93. The van der Waals surface area contributed by atoms with E-state index in [2.05, 4.69) is 10.6 Å². The molecule has 2 N–H and O–H groups in total. The Bertz CT molecular complexity index is 644. The summed E-state index contributed by atoms with van der Waals surface area (Å²) in [5, 5.41) is 5.31. The lowest BCUT2D eigenvalue weighted by molar-refractivity contribution is 0.251. The second-order valence-corrected chi connectivity index (χ2v) is 4.58. The van der Waals surface area contributed by atoms with Crippen LogP contribution >= 0.6 is 0 Å². The minimum absolute atomic E-state index is 0.140. The molecule has 0 heterocycles. The maximum absolute atomic E-state index is 13.5. The summed E-state index contributed by atoms with van der Waals surface area (Å²) >= 11 is 0. The van der Waals surface area contributed by atoms with Gasteiger partial charge in [-0.2, -0.15) is 0 Å². The third-order valence-corrected chi connectivity index (χ3v) is 3.11. The fourth-order valence-electron chi connectivity index (χ4n) is 1.90. The van der Waals surface area contributed by atoms with Crippen molar-refractivity contribution in [1.29, 1.82) is 0 Å². The Morgan fingerprint density at radius 2 is 2.00 bits per heavy atom. The SMILES string of the molecule is COc1ccc(NC(=O)NCc2ccccc2C)cc1F. The number of halogens is 1. The maximum atomic E-state index is 13.5. The zero-order valence-corrected chi connectivity index (χ0v) is 11.9. The van der Waals surface area contributed by atoms with Crippen molar-refractivity contribution in [2.45, 2.75) is 13.5 Å². The van der Waals surface area contributed by atoms with Gasteiger partial charge in [0.15, 0.2) is 11.6 Å². The van der Waals surface area contributed by atoms with Crippen LogP contribution in [0.1, 0.15) is 11.1 Å². The topological polar surface area (TPSA) is 50.4 Å². The first-order valence-electron chi connectivity index (χ1n) is 6.53. The van der Waals surface area contributed by atoms with Crippen molar-refractivity contribution in [2.75, 3.05) is 12.4 Å². The van der Waals surface area contributed by atoms with Crippen LogP contribution < -0.4 is 15.4 Å². The summed E-state index contributed by atoms with van der Waals surface area (Å²) in [6, 6.07) is 11.7. The lowest BCUT2D eigenvalue weighted by atomic mass is 10.1. The molecule has 2 aromatic rings. The van der Waals surface area contributed by atoms with E-state index >= 15 is 0 Å². The molecule has 0 aliphatic rings. The molecule has 4 nitrogen and oxygen atoms in total. The van der Waals surface area contributed by atoms with Gasteiger partial charge in [-0.3, -0.25) is 0 Å². The van der Waals surface area contributed by atoms with E-state index in [1.165, 1.54) is 19.2 Å². The summed E-state index contributed by atoms with van der Waals surface area (Å²) < 4.78 is 18.3. The highest BCUT2D eigenvalue weighted by Gasteiger charge is 2.06. The molecule has 0 aliphatic heterocycles. The average Bonchev–Trinajstić information content (AvgIpc) is 2.46. The minimum atomic E-state index is -0.519. The van der Waals surface area contributed by atoms with Crippen LogP contribution in [0.5, 0.6) is 5.75 Å². The molecule has 0 aromatic heterocycles. The van der Waals surface area contributed by atoms with Crippen molar-refractivity contribution in [3.05, 3.63) is 59.4 Å². The Kier molecular flexibility index (Phi) is 4.77. The van der Waals surface area contributed by atoms with Crippen LogP contribution in [0.2, 0.25) is 0 Å². The molecule has 2 rings (SSSR count). The van der Waals surface area contributed by atoms with Gasteiger partial charge in [-0.15, -0.1) is 0 Å². The molecule has 110 valence electrons. The van der Waals surface area contributed by atoms with E-state index in [-0.39, 0.29) is 11.8 Å². The molecule has 0 fully saturated rings. The summed E-state index contributed by atoms with van der Waals surface area (Å²) in [4.78, 5) is 11.8. The quantitative estimate of drug-likeness (QED) is 0.905. The molecule has 0 saturated heterocycles. The third kappa shape index (κ3) is 3.95. The van der Waals surface area contributed by atoms with E-state index in [1.54, 1.807) is 6.07 Å². The van der Waals surface area contributed by atoms with E-state index in [4.69, 9.17) is 4.74 Å². The van der Waals surface area contributed by atoms with E-state index < -0.39 is 5.82 Å². The molecule has 2 aromatic carbocycles. The van der Waals surface area contributed by atoms with Gasteiger partial charge in [0, 0.05) is 18.3 Å². The summed E-state index contributed by atoms with van der Waals surface area (Å²) in [6.07, 6.45) is 0. The predicted octanol–water partition coefficient (Wildman–Crippen LogP) is 3.46. The van der Waals surface area contributed by atoms with Crippen molar-refractivity contribution in [3.63, 3.8) is 0 Å². The Morgan fingerprint density at radius 3 is 2.67 bits per heavy atom. The second kappa shape index (κ2) is 6.74. The number of carbonyl (C=O) groups is 1. The number of hydrogen-bond donors (Lipinski definition) is 2. The first-order chi connectivity index (χ1) is 10.1. The van der Waals surface area contributed by atoms with Gasteiger partial charge in [-0.25, -0.2) is 9.18 Å². The average molecular weight is 288 g/mol. The van der Waals surface area contributed by atoms with Crippen LogP contribution in [0.4, 0.5) is 14.9 Å². The number of rotatable bonds is 4. The number of ether oxygens (including phenoxy) is 1. The molecule has 0 radical (unpaired) electrons. The highest BCUT2D eigenvalue weighted by atomic mass is 19.1. The highest BCUT2D eigenvalue weighted by Crippen LogP contribution is 2.20. The number of carbonyl (C=O) groups excluding carboxylic acids is 1. The number of benzene rings is 2. The van der Waals surface area contributed by atoms with Crippen molar-refractivity contribution < 1.29 is 13.9 Å². The number of methoxy groups -OCH3 is 1. The smallest absolute Gasteiger partial charge is 0.319 e. The van der Waals surface area contributed by atoms with E-state index in [0.29, 0.717) is 12.2 Å². The number of nitrogens with one attached hydrogen (secondary N) is 2. The summed E-state index contributed by atoms with van der Waals surface area (Å²) in [5.74, 6) is -0.380. The number of urea groups is 1. The third-order valence-electron chi connectivity index (χ3n) is 3.11. The molecule has 21 heavy (non-hydrogen) atoms. The van der Waals surface area contributed by atoms with Gasteiger partial charge in [0.25, 0.3) is 0 Å². The van der Waals surface area contributed by atoms with Crippen molar-refractivity contribution in [1.82, 2.24) is 5.32 Å². The first kappa shape index (κ1) is 14.8. The molecule has 0 bridgehead atoms. The van der Waals surface area contributed by atoms with Gasteiger partial charge in [0.05, 0.1) is 7.11 Å². The van der Waals surface area contributed by atoms with Crippen LogP contribution in [-0.2, 0) is 6.54 Å². The molecule has 0 aliphatic carbocycles. The molecule has 0 spiro atoms. The Hall–Kier alpha value is -2.56. The van der Waals surface area contributed by atoms with E-state index in [0.717, 1.165) is 11.1 Å². The fraction of sp³-hybridized carbons (Fsp3) is 0.188. The summed E-state index contributed by atoms with van der Waals surface area (Å²) in [7, 11) is 1.39. The van der Waals surface area contributed by atoms with Crippen LogP contribution in [0.15, 0.2) is 42.5 Å². The van der Waals surface area contributed by atoms with Crippen LogP contribution in [0.25, 0.3) is 0 Å². The predicted molar refractivity (Wildman–Crippen MR) is 80.0 cm³/mol. The molecule has 0 atom stereocenters. The van der Waals surface area contributed by atoms with Gasteiger partial charge in [-0.1, -0.05) is 24.3 Å². The lowest BCUT2D eigenvalue weighted by Gasteiger charge is -2.10. The molecule has 2 amide bonds. The van der Waals surface area contributed by atoms with E-state index in [1.807, 2.05) is 31.2 Å². The van der Waals surface area contributed by atoms with Crippen LogP contribution in [0, 0.1) is 12.7 Å². The van der Waals surface area contributed by atoms with Gasteiger partial charge in [0.1, 0.15) is 0 Å². The highest BCUT2D eigenvalue weighted by molar-refractivity contribution is 5.89. The minimum Gasteiger partial charge on any atom is -0.494 e.